The first-order valence-electron chi connectivity index (χ1n) is 13.5. The van der Waals surface area contributed by atoms with Gasteiger partial charge in [-0.1, -0.05) is 85.4 Å². The number of aliphatic hydroxyl groups excluding tert-OH is 1. The molecule has 1 aliphatic heterocycles. The Hall–Kier alpha value is -3.53. The van der Waals surface area contributed by atoms with Crippen molar-refractivity contribution in [2.75, 3.05) is 11.1 Å². The Kier molecular flexibility index (Phi) is 8.46. The first kappa shape index (κ1) is 27.6. The van der Waals surface area contributed by atoms with Crippen LogP contribution in [0.25, 0.3) is 10.2 Å². The molecule has 1 fully saturated rings. The van der Waals surface area contributed by atoms with E-state index in [4.69, 9.17) is 14.5 Å². The van der Waals surface area contributed by atoms with Crippen molar-refractivity contribution < 1.29 is 19.4 Å². The van der Waals surface area contributed by atoms with E-state index in [-0.39, 0.29) is 30.6 Å². The first-order chi connectivity index (χ1) is 20.1. The Labute approximate surface area is 247 Å². The molecule has 0 bridgehead atoms. The van der Waals surface area contributed by atoms with E-state index in [0.717, 1.165) is 32.3 Å². The highest BCUT2D eigenvalue weighted by Gasteiger charge is 2.38. The van der Waals surface area contributed by atoms with Gasteiger partial charge >= 0.3 is 0 Å². The molecular weight excluding hydrogens is 553 g/mol. The molecule has 0 unspecified atom stereocenters. The molecule has 4 atom stereocenters. The van der Waals surface area contributed by atoms with E-state index >= 15 is 0 Å². The van der Waals surface area contributed by atoms with Gasteiger partial charge < -0.3 is 19.9 Å². The molecule has 5 aromatic rings. The third kappa shape index (κ3) is 6.37. The monoisotopic (exact) mass is 582 g/mol. The van der Waals surface area contributed by atoms with Crippen molar-refractivity contribution in [2.45, 2.75) is 36.4 Å². The van der Waals surface area contributed by atoms with E-state index in [9.17, 15) is 9.90 Å². The van der Waals surface area contributed by atoms with Gasteiger partial charge in [-0.3, -0.25) is 4.79 Å². The van der Waals surface area contributed by atoms with Crippen LogP contribution in [0.1, 0.15) is 46.4 Å². The van der Waals surface area contributed by atoms with Crippen molar-refractivity contribution in [3.8, 4) is 0 Å². The minimum absolute atomic E-state index is 0.00395. The molecule has 6 nitrogen and oxygen atoms in total. The lowest BCUT2D eigenvalue weighted by molar-refractivity contribution is -0.268. The third-order valence-electron chi connectivity index (χ3n) is 7.22. The zero-order chi connectivity index (χ0) is 28.2. The zero-order valence-electron chi connectivity index (χ0n) is 22.5. The third-order valence-corrected chi connectivity index (χ3v) is 9.49. The molecule has 8 heteroatoms. The number of ether oxygens (including phenoxy) is 2. The molecule has 1 aliphatic rings. The SMILES string of the molecule is C[C@H]1[C@@H](CSc2nc3ccccc3s2)O[C@@H](c2cccc(NC(=O)c3ccccc3)c2)O[C@H]1c1ccc(CO)cc1. The van der Waals surface area contributed by atoms with E-state index in [0.29, 0.717) is 11.3 Å². The number of carbonyl (C=O) groups is 1. The van der Waals surface area contributed by atoms with Gasteiger partial charge in [-0.2, -0.15) is 0 Å². The summed E-state index contributed by atoms with van der Waals surface area (Å²) in [5, 5.41) is 12.5. The number of hydrogen-bond donors (Lipinski definition) is 2. The number of thioether (sulfide) groups is 1. The molecule has 1 saturated heterocycles. The van der Waals surface area contributed by atoms with E-state index in [1.54, 1.807) is 35.2 Å². The van der Waals surface area contributed by atoms with Crippen LogP contribution in [0.4, 0.5) is 5.69 Å². The van der Waals surface area contributed by atoms with E-state index < -0.39 is 6.29 Å². The molecule has 4 aromatic carbocycles. The Balaban J connectivity index is 1.24. The van der Waals surface area contributed by atoms with Crippen LogP contribution in [0.15, 0.2) is 107 Å². The standard InChI is InChI=1S/C33H30N2O4S2/c1-21-28(20-40-33-35-27-12-5-6-13-29(27)41-33)38-32(39-30(21)23-16-14-22(19-36)15-17-23)25-10-7-11-26(18-25)34-31(37)24-8-3-2-4-9-24/h2-18,21,28,30,32,36H,19-20H2,1H3,(H,34,37)/t21-,28+,30+,32+/m0/s1. The second kappa shape index (κ2) is 12.5. The quantitative estimate of drug-likeness (QED) is 0.183. The van der Waals surface area contributed by atoms with Gasteiger partial charge in [0, 0.05) is 28.5 Å². The number of anilines is 1. The smallest absolute Gasteiger partial charge is 0.255 e. The molecule has 2 heterocycles. The number of aromatic nitrogens is 1. The van der Waals surface area contributed by atoms with Gasteiger partial charge in [0.2, 0.25) is 0 Å². The molecule has 6 rings (SSSR count). The summed E-state index contributed by atoms with van der Waals surface area (Å²) in [7, 11) is 0. The van der Waals surface area contributed by atoms with Crippen LogP contribution in [0.5, 0.6) is 0 Å². The second-order valence-corrected chi connectivity index (χ2v) is 12.3. The fourth-order valence-electron chi connectivity index (χ4n) is 4.93. The van der Waals surface area contributed by atoms with Gasteiger partial charge in [-0.25, -0.2) is 4.98 Å². The van der Waals surface area contributed by atoms with E-state index in [1.807, 2.05) is 84.9 Å². The van der Waals surface area contributed by atoms with Crippen molar-refractivity contribution >= 4 is 44.9 Å². The Bertz CT molecular complexity index is 1590. The summed E-state index contributed by atoms with van der Waals surface area (Å²) in [5.41, 5.74) is 4.99. The van der Waals surface area contributed by atoms with Gasteiger partial charge in [-0.15, -0.1) is 11.3 Å². The molecule has 0 spiro atoms. The molecule has 208 valence electrons. The summed E-state index contributed by atoms with van der Waals surface area (Å²) in [6, 6.07) is 32.8. The lowest BCUT2D eigenvalue weighted by atomic mass is 9.91. The summed E-state index contributed by atoms with van der Waals surface area (Å²) < 4.78 is 15.4. The summed E-state index contributed by atoms with van der Waals surface area (Å²) in [5.74, 6) is 0.610. The van der Waals surface area contributed by atoms with Crippen LogP contribution in [0.3, 0.4) is 0 Å². The van der Waals surface area contributed by atoms with E-state index in [2.05, 4.69) is 18.3 Å². The number of hydrogen-bond acceptors (Lipinski definition) is 7. The highest BCUT2D eigenvalue weighted by molar-refractivity contribution is 8.01. The number of aliphatic hydroxyl groups is 1. The summed E-state index contributed by atoms with van der Waals surface area (Å²) >= 11 is 3.40. The number of nitrogens with one attached hydrogen (secondary N) is 1. The topological polar surface area (TPSA) is 80.7 Å². The molecular formula is C33H30N2O4S2. The molecule has 2 N–H and O–H groups in total. The minimum Gasteiger partial charge on any atom is -0.392 e. The maximum absolute atomic E-state index is 12.8. The number of amides is 1. The van der Waals surface area contributed by atoms with Gasteiger partial charge in [0.15, 0.2) is 10.6 Å². The predicted molar refractivity (Wildman–Crippen MR) is 164 cm³/mol. The summed E-state index contributed by atoms with van der Waals surface area (Å²) in [4.78, 5) is 17.6. The summed E-state index contributed by atoms with van der Waals surface area (Å²) in [6.07, 6.45) is -0.955. The van der Waals surface area contributed by atoms with Crippen molar-refractivity contribution in [1.29, 1.82) is 0 Å². The maximum atomic E-state index is 12.8. The average Bonchev–Trinajstić information content (AvgIpc) is 3.44. The van der Waals surface area contributed by atoms with Crippen LogP contribution in [0, 0.1) is 5.92 Å². The zero-order valence-corrected chi connectivity index (χ0v) is 24.1. The van der Waals surface area contributed by atoms with Gasteiger partial charge in [-0.05, 0) is 47.5 Å². The van der Waals surface area contributed by atoms with Gasteiger partial charge in [0.1, 0.15) is 0 Å². The van der Waals surface area contributed by atoms with Crippen LogP contribution in [0.2, 0.25) is 0 Å². The molecule has 1 amide bonds. The molecule has 0 radical (unpaired) electrons. The van der Waals surface area contributed by atoms with Crippen molar-refractivity contribution in [1.82, 2.24) is 4.98 Å². The van der Waals surface area contributed by atoms with Crippen molar-refractivity contribution in [3.63, 3.8) is 0 Å². The van der Waals surface area contributed by atoms with E-state index in [1.165, 1.54) is 4.70 Å². The highest BCUT2D eigenvalue weighted by Crippen LogP contribution is 2.43. The average molecular weight is 583 g/mol. The van der Waals surface area contributed by atoms with Crippen LogP contribution in [-0.2, 0) is 16.1 Å². The predicted octanol–water partition coefficient (Wildman–Crippen LogP) is 7.62. The highest BCUT2D eigenvalue weighted by atomic mass is 32.2. The molecule has 0 saturated carbocycles. The number of carbonyl (C=O) groups excluding carboxylic acids is 1. The number of thiazole rings is 1. The number of nitrogens with zero attached hydrogens (tertiary/aromatic N) is 1. The van der Waals surface area contributed by atoms with Crippen molar-refractivity contribution in [2.24, 2.45) is 5.92 Å². The maximum Gasteiger partial charge on any atom is 0.255 e. The van der Waals surface area contributed by atoms with Crippen LogP contribution in [-0.4, -0.2) is 27.9 Å². The second-order valence-electron chi connectivity index (χ2n) is 10.0. The lowest BCUT2D eigenvalue weighted by Gasteiger charge is -2.41. The first-order valence-corrected chi connectivity index (χ1v) is 15.3. The lowest BCUT2D eigenvalue weighted by Crippen LogP contribution is -2.38. The fraction of sp³-hybridized carbons (Fsp3) is 0.212. The van der Waals surface area contributed by atoms with Gasteiger partial charge in [0.25, 0.3) is 5.91 Å². The Morgan fingerprint density at radius 2 is 1.71 bits per heavy atom. The van der Waals surface area contributed by atoms with Crippen molar-refractivity contribution in [3.05, 3.63) is 125 Å². The van der Waals surface area contributed by atoms with Gasteiger partial charge in [0.05, 0.1) is 29.0 Å². The fourth-order valence-corrected chi connectivity index (χ4v) is 7.19. The number of fused-ring (bicyclic) bond motifs is 1. The number of rotatable bonds is 8. The molecule has 1 aromatic heterocycles. The summed E-state index contributed by atoms with van der Waals surface area (Å²) in [6.45, 7) is 2.15. The normalized spacial score (nSPS) is 20.6. The van der Waals surface area contributed by atoms with Crippen LogP contribution >= 0.6 is 23.1 Å². The largest absolute Gasteiger partial charge is 0.392 e. The molecule has 41 heavy (non-hydrogen) atoms. The van der Waals surface area contributed by atoms with Crippen LogP contribution < -0.4 is 5.32 Å². The number of benzene rings is 4. The minimum atomic E-state index is -0.622. The number of para-hydroxylation sites is 1. The Morgan fingerprint density at radius 1 is 0.927 bits per heavy atom. The molecule has 0 aliphatic carbocycles. The Morgan fingerprint density at radius 3 is 2.49 bits per heavy atom.